The van der Waals surface area contributed by atoms with E-state index in [0.717, 1.165) is 12.4 Å². The Labute approximate surface area is 95.7 Å². The number of aromatic amines is 1. The SMILES string of the molecule is Cn1c(=O)c(=O)n(C)c2[nH]c(C[C@@H]3CO3)nc21. The Kier molecular flexibility index (Phi) is 1.99. The molecule has 90 valence electrons. The molecule has 0 spiro atoms. The van der Waals surface area contributed by atoms with Gasteiger partial charge >= 0.3 is 11.1 Å². The zero-order valence-electron chi connectivity index (χ0n) is 9.56. The topological polar surface area (TPSA) is 85.2 Å². The van der Waals surface area contributed by atoms with E-state index in [4.69, 9.17) is 4.74 Å². The molecule has 1 N–H and O–H groups in total. The molecule has 2 aromatic rings. The van der Waals surface area contributed by atoms with E-state index in [-0.39, 0.29) is 6.10 Å². The zero-order valence-corrected chi connectivity index (χ0v) is 9.56. The number of nitrogens with one attached hydrogen (secondary N) is 1. The van der Waals surface area contributed by atoms with E-state index >= 15 is 0 Å². The number of H-pyrrole nitrogens is 1. The largest absolute Gasteiger partial charge is 0.373 e. The van der Waals surface area contributed by atoms with Crippen molar-refractivity contribution in [1.29, 1.82) is 0 Å². The molecule has 1 saturated heterocycles. The van der Waals surface area contributed by atoms with Crippen molar-refractivity contribution in [2.24, 2.45) is 14.1 Å². The fourth-order valence-electron chi connectivity index (χ4n) is 1.85. The van der Waals surface area contributed by atoms with Crippen LogP contribution in [0.25, 0.3) is 11.3 Å². The first kappa shape index (κ1) is 10.3. The summed E-state index contributed by atoms with van der Waals surface area (Å²) in [5.41, 5.74) is -0.0703. The predicted octanol–water partition coefficient (Wildman–Crippen LogP) is -1.10. The Hall–Kier alpha value is -1.89. The van der Waals surface area contributed by atoms with Gasteiger partial charge in [-0.25, -0.2) is 4.98 Å². The predicted molar refractivity (Wildman–Crippen MR) is 60.0 cm³/mol. The zero-order chi connectivity index (χ0) is 12.2. The highest BCUT2D eigenvalue weighted by Gasteiger charge is 2.25. The Morgan fingerprint density at radius 3 is 2.65 bits per heavy atom. The second kappa shape index (κ2) is 3.30. The molecule has 0 aromatic carbocycles. The second-order valence-corrected chi connectivity index (χ2v) is 4.24. The van der Waals surface area contributed by atoms with Crippen LogP contribution in [0.4, 0.5) is 0 Å². The molecule has 3 heterocycles. The molecule has 1 fully saturated rings. The summed E-state index contributed by atoms with van der Waals surface area (Å²) in [5, 5.41) is 0. The van der Waals surface area contributed by atoms with Crippen molar-refractivity contribution in [2.75, 3.05) is 6.61 Å². The van der Waals surface area contributed by atoms with E-state index < -0.39 is 11.1 Å². The van der Waals surface area contributed by atoms with Crippen molar-refractivity contribution in [3.63, 3.8) is 0 Å². The van der Waals surface area contributed by atoms with Gasteiger partial charge in [0, 0.05) is 20.5 Å². The van der Waals surface area contributed by atoms with Gasteiger partial charge in [-0.2, -0.15) is 0 Å². The molecule has 7 heteroatoms. The van der Waals surface area contributed by atoms with Crippen LogP contribution >= 0.6 is 0 Å². The normalized spacial score (nSPS) is 18.8. The molecule has 1 aliphatic heterocycles. The molecular weight excluding hydrogens is 224 g/mol. The average Bonchev–Trinajstić information content (AvgIpc) is 3.01. The van der Waals surface area contributed by atoms with Crippen molar-refractivity contribution < 1.29 is 4.74 Å². The summed E-state index contributed by atoms with van der Waals surface area (Å²) >= 11 is 0. The number of rotatable bonds is 2. The lowest BCUT2D eigenvalue weighted by atomic mass is 10.3. The summed E-state index contributed by atoms with van der Waals surface area (Å²) in [7, 11) is 3.10. The van der Waals surface area contributed by atoms with Crippen LogP contribution in [0.3, 0.4) is 0 Å². The lowest BCUT2D eigenvalue weighted by molar-refractivity contribution is 0.405. The number of fused-ring (bicyclic) bond motifs is 1. The first-order chi connectivity index (χ1) is 8.08. The molecule has 2 aromatic heterocycles. The summed E-state index contributed by atoms with van der Waals surface area (Å²) in [6, 6.07) is 0. The van der Waals surface area contributed by atoms with Gasteiger partial charge in [0.15, 0.2) is 11.3 Å². The van der Waals surface area contributed by atoms with Crippen LogP contribution in [0.15, 0.2) is 9.59 Å². The lowest BCUT2D eigenvalue weighted by Crippen LogP contribution is -2.39. The Morgan fingerprint density at radius 2 is 2.00 bits per heavy atom. The minimum Gasteiger partial charge on any atom is -0.373 e. The fourth-order valence-corrected chi connectivity index (χ4v) is 1.85. The smallest absolute Gasteiger partial charge is 0.317 e. The van der Waals surface area contributed by atoms with E-state index in [0.29, 0.717) is 17.7 Å². The number of nitrogens with zero attached hydrogens (tertiary/aromatic N) is 3. The van der Waals surface area contributed by atoms with E-state index in [2.05, 4.69) is 9.97 Å². The number of imidazole rings is 1. The quantitative estimate of drug-likeness (QED) is 0.530. The first-order valence-electron chi connectivity index (χ1n) is 5.34. The summed E-state index contributed by atoms with van der Waals surface area (Å²) in [4.78, 5) is 30.6. The third-order valence-corrected chi connectivity index (χ3v) is 2.98. The Bertz CT molecular complexity index is 652. The highest BCUT2D eigenvalue weighted by Crippen LogP contribution is 2.15. The molecule has 0 radical (unpaired) electrons. The van der Waals surface area contributed by atoms with Gasteiger partial charge in [-0.3, -0.25) is 18.7 Å². The van der Waals surface area contributed by atoms with Gasteiger partial charge in [0.2, 0.25) is 0 Å². The second-order valence-electron chi connectivity index (χ2n) is 4.24. The highest BCUT2D eigenvalue weighted by molar-refractivity contribution is 5.66. The minimum absolute atomic E-state index is 0.213. The summed E-state index contributed by atoms with van der Waals surface area (Å²) < 4.78 is 7.68. The summed E-state index contributed by atoms with van der Waals surface area (Å²) in [6.45, 7) is 0.745. The van der Waals surface area contributed by atoms with E-state index in [1.807, 2.05) is 0 Å². The monoisotopic (exact) mass is 236 g/mol. The van der Waals surface area contributed by atoms with Gasteiger partial charge in [0.05, 0.1) is 12.7 Å². The van der Waals surface area contributed by atoms with Crippen LogP contribution in [0.2, 0.25) is 0 Å². The number of hydrogen-bond acceptors (Lipinski definition) is 4. The van der Waals surface area contributed by atoms with Crippen molar-refractivity contribution in [1.82, 2.24) is 19.1 Å². The summed E-state index contributed by atoms with van der Waals surface area (Å²) in [6.07, 6.45) is 0.890. The van der Waals surface area contributed by atoms with Gasteiger partial charge in [-0.15, -0.1) is 0 Å². The van der Waals surface area contributed by atoms with E-state index in [1.165, 1.54) is 9.13 Å². The van der Waals surface area contributed by atoms with Gasteiger partial charge in [-0.1, -0.05) is 0 Å². The number of aromatic nitrogens is 4. The third-order valence-electron chi connectivity index (χ3n) is 2.98. The maximum absolute atomic E-state index is 11.6. The van der Waals surface area contributed by atoms with Crippen molar-refractivity contribution in [3.8, 4) is 0 Å². The molecule has 0 bridgehead atoms. The van der Waals surface area contributed by atoms with Crippen molar-refractivity contribution in [2.45, 2.75) is 12.5 Å². The highest BCUT2D eigenvalue weighted by atomic mass is 16.6. The molecule has 1 aliphatic rings. The van der Waals surface area contributed by atoms with Gasteiger partial charge in [0.25, 0.3) is 0 Å². The van der Waals surface area contributed by atoms with Crippen LogP contribution in [-0.2, 0) is 25.3 Å². The Balaban J connectivity index is 2.26. The molecule has 0 aliphatic carbocycles. The molecule has 7 nitrogen and oxygen atoms in total. The lowest BCUT2D eigenvalue weighted by Gasteiger charge is -2.01. The van der Waals surface area contributed by atoms with Crippen LogP contribution in [0.1, 0.15) is 5.82 Å². The number of hydrogen-bond donors (Lipinski definition) is 1. The standard InChI is InChI=1S/C10H12N4O3/c1-13-7-8(14(2)10(16)9(13)15)12-6(11-7)3-5-4-17-5/h5H,3-4H2,1-2H3,(H,11,12)/t5-/m1/s1. The molecule has 0 amide bonds. The molecular formula is C10H12N4O3. The van der Waals surface area contributed by atoms with Crippen LogP contribution in [0.5, 0.6) is 0 Å². The number of aryl methyl sites for hydroxylation is 2. The number of epoxide rings is 1. The molecule has 17 heavy (non-hydrogen) atoms. The average molecular weight is 236 g/mol. The molecule has 3 rings (SSSR count). The van der Waals surface area contributed by atoms with Gasteiger partial charge in [-0.05, 0) is 0 Å². The van der Waals surface area contributed by atoms with Crippen LogP contribution in [0, 0.1) is 0 Å². The number of ether oxygens (including phenoxy) is 1. The summed E-state index contributed by atoms with van der Waals surface area (Å²) in [5.74, 6) is 0.735. The minimum atomic E-state index is -0.569. The van der Waals surface area contributed by atoms with Crippen molar-refractivity contribution in [3.05, 3.63) is 26.5 Å². The van der Waals surface area contributed by atoms with Crippen molar-refractivity contribution >= 4 is 11.3 Å². The maximum Gasteiger partial charge on any atom is 0.317 e. The van der Waals surface area contributed by atoms with E-state index in [9.17, 15) is 9.59 Å². The molecule has 0 saturated carbocycles. The maximum atomic E-state index is 11.6. The molecule has 0 unspecified atom stereocenters. The van der Waals surface area contributed by atoms with Gasteiger partial charge < -0.3 is 9.72 Å². The van der Waals surface area contributed by atoms with Crippen LogP contribution < -0.4 is 11.1 Å². The molecule has 1 atom stereocenters. The fraction of sp³-hybridized carbons (Fsp3) is 0.500. The van der Waals surface area contributed by atoms with E-state index in [1.54, 1.807) is 14.1 Å². The Morgan fingerprint density at radius 1 is 1.35 bits per heavy atom. The van der Waals surface area contributed by atoms with Gasteiger partial charge in [0.1, 0.15) is 5.82 Å². The third kappa shape index (κ3) is 1.50. The van der Waals surface area contributed by atoms with Crippen LogP contribution in [-0.4, -0.2) is 31.8 Å². The first-order valence-corrected chi connectivity index (χ1v) is 5.34.